The van der Waals surface area contributed by atoms with E-state index in [9.17, 15) is 14.4 Å². The minimum absolute atomic E-state index is 0.0256. The van der Waals surface area contributed by atoms with E-state index in [4.69, 9.17) is 11.1 Å². The van der Waals surface area contributed by atoms with Crippen molar-refractivity contribution in [3.8, 4) is 0 Å². The molecule has 148 valence electrons. The summed E-state index contributed by atoms with van der Waals surface area (Å²) in [6.07, 6.45) is 2.15. The summed E-state index contributed by atoms with van der Waals surface area (Å²) in [5.41, 5.74) is 7.19. The van der Waals surface area contributed by atoms with Gasteiger partial charge in [0.05, 0.1) is 6.54 Å². The first-order valence-electron chi connectivity index (χ1n) is 8.94. The first kappa shape index (κ1) is 18.9. The van der Waals surface area contributed by atoms with E-state index in [-0.39, 0.29) is 24.0 Å². The highest BCUT2D eigenvalue weighted by molar-refractivity contribution is 6.36. The summed E-state index contributed by atoms with van der Waals surface area (Å²) >= 11 is 0. The van der Waals surface area contributed by atoms with Crippen LogP contribution in [0.5, 0.6) is 0 Å². The van der Waals surface area contributed by atoms with Gasteiger partial charge in [0.1, 0.15) is 17.4 Å². The van der Waals surface area contributed by atoms with Gasteiger partial charge in [0.25, 0.3) is 5.91 Å². The van der Waals surface area contributed by atoms with Gasteiger partial charge in [-0.2, -0.15) is 4.99 Å². The SMILES string of the molecule is N=C(N)c1ccc2cc(NC(=O)c3ccc(N4CC(C=O)=NC4=O)cc3)ncc2c1. The van der Waals surface area contributed by atoms with Crippen molar-refractivity contribution in [3.63, 3.8) is 0 Å². The Morgan fingerprint density at radius 3 is 2.50 bits per heavy atom. The second-order valence-electron chi connectivity index (χ2n) is 6.64. The summed E-state index contributed by atoms with van der Waals surface area (Å²) in [6, 6.07) is 12.9. The first-order valence-corrected chi connectivity index (χ1v) is 8.94. The number of amidine groups is 1. The number of benzene rings is 2. The summed E-state index contributed by atoms with van der Waals surface area (Å²) in [4.78, 5) is 44.4. The Hall–Kier alpha value is -4.40. The topological polar surface area (TPSA) is 142 Å². The monoisotopic (exact) mass is 400 g/mol. The molecule has 2 heterocycles. The van der Waals surface area contributed by atoms with Crippen molar-refractivity contribution < 1.29 is 14.4 Å². The number of anilines is 2. The zero-order chi connectivity index (χ0) is 21.3. The molecule has 0 saturated carbocycles. The number of nitrogen functional groups attached to an aromatic ring is 1. The number of nitrogens with zero attached hydrogens (tertiary/aromatic N) is 3. The number of carbonyl (C=O) groups excluding carboxylic acids is 3. The number of carbonyl (C=O) groups is 3. The normalized spacial score (nSPS) is 13.3. The van der Waals surface area contributed by atoms with Crippen LogP contribution < -0.4 is 16.0 Å². The number of fused-ring (bicyclic) bond motifs is 1. The Bertz CT molecular complexity index is 1230. The summed E-state index contributed by atoms with van der Waals surface area (Å²) < 4.78 is 0. The zero-order valence-electron chi connectivity index (χ0n) is 15.6. The molecular formula is C21H16N6O3. The fourth-order valence-electron chi connectivity index (χ4n) is 3.07. The quantitative estimate of drug-likeness (QED) is 0.342. The number of nitrogens with one attached hydrogen (secondary N) is 2. The van der Waals surface area contributed by atoms with Crippen LogP contribution in [0.1, 0.15) is 15.9 Å². The van der Waals surface area contributed by atoms with Crippen LogP contribution in [0.4, 0.5) is 16.3 Å². The van der Waals surface area contributed by atoms with Crippen LogP contribution in [-0.4, -0.2) is 41.3 Å². The molecule has 0 atom stereocenters. The van der Waals surface area contributed by atoms with E-state index in [1.807, 2.05) is 0 Å². The molecule has 3 amide bonds. The fourth-order valence-corrected chi connectivity index (χ4v) is 3.07. The molecule has 3 aromatic rings. The van der Waals surface area contributed by atoms with Crippen LogP contribution in [-0.2, 0) is 4.79 Å². The van der Waals surface area contributed by atoms with Crippen LogP contribution in [0.3, 0.4) is 0 Å². The number of aldehydes is 1. The van der Waals surface area contributed by atoms with Gasteiger partial charge in [0, 0.05) is 28.4 Å². The van der Waals surface area contributed by atoms with Crippen LogP contribution in [0.2, 0.25) is 0 Å². The molecule has 0 fully saturated rings. The number of rotatable bonds is 5. The van der Waals surface area contributed by atoms with Crippen molar-refractivity contribution in [1.82, 2.24) is 4.98 Å². The van der Waals surface area contributed by atoms with Gasteiger partial charge in [-0.3, -0.25) is 19.9 Å². The van der Waals surface area contributed by atoms with Gasteiger partial charge in [-0.1, -0.05) is 12.1 Å². The van der Waals surface area contributed by atoms with E-state index in [0.717, 1.165) is 10.8 Å². The van der Waals surface area contributed by atoms with Gasteiger partial charge in [0.2, 0.25) is 0 Å². The minimum atomic E-state index is -0.511. The van der Waals surface area contributed by atoms with Gasteiger partial charge in [-0.15, -0.1) is 0 Å². The molecule has 9 heteroatoms. The van der Waals surface area contributed by atoms with E-state index >= 15 is 0 Å². The van der Waals surface area contributed by atoms with Gasteiger partial charge in [0.15, 0.2) is 6.29 Å². The lowest BCUT2D eigenvalue weighted by Crippen LogP contribution is -2.26. The number of hydrogen-bond acceptors (Lipinski definition) is 5. The Balaban J connectivity index is 1.48. The number of pyridine rings is 1. The van der Waals surface area contributed by atoms with Crippen molar-refractivity contribution in [2.75, 3.05) is 16.8 Å². The highest BCUT2D eigenvalue weighted by Gasteiger charge is 2.24. The lowest BCUT2D eigenvalue weighted by atomic mass is 10.1. The predicted molar refractivity (Wildman–Crippen MR) is 113 cm³/mol. The third-order valence-corrected chi connectivity index (χ3v) is 4.64. The molecule has 0 radical (unpaired) electrons. The summed E-state index contributed by atoms with van der Waals surface area (Å²) in [5, 5.41) is 11.9. The van der Waals surface area contributed by atoms with E-state index in [2.05, 4.69) is 15.3 Å². The number of aromatic nitrogens is 1. The molecule has 0 bridgehead atoms. The second-order valence-corrected chi connectivity index (χ2v) is 6.64. The molecule has 1 aromatic heterocycles. The van der Waals surface area contributed by atoms with Crippen molar-refractivity contribution in [3.05, 3.63) is 65.9 Å². The largest absolute Gasteiger partial charge is 0.384 e. The maximum Gasteiger partial charge on any atom is 0.348 e. The highest BCUT2D eigenvalue weighted by atomic mass is 16.2. The van der Waals surface area contributed by atoms with Crippen molar-refractivity contribution in [1.29, 1.82) is 5.41 Å². The number of aliphatic imine (C=N–C) groups is 1. The lowest BCUT2D eigenvalue weighted by Gasteiger charge is -2.14. The molecule has 0 unspecified atom stereocenters. The second kappa shape index (κ2) is 7.55. The standard InChI is InChI=1S/C21H16N6O3/c22-19(23)14-2-1-13-8-18(24-9-15(13)7-14)26-20(29)12-3-5-17(6-4-12)27-10-16(11-28)25-21(27)30/h1-9,11H,10H2,(H3,22,23)(H,24,26,29). The molecular weight excluding hydrogens is 384 g/mol. The number of urea groups is 1. The van der Waals surface area contributed by atoms with Crippen LogP contribution >= 0.6 is 0 Å². The lowest BCUT2D eigenvalue weighted by molar-refractivity contribution is -0.102. The molecule has 30 heavy (non-hydrogen) atoms. The Kier molecular flexibility index (Phi) is 4.77. The third kappa shape index (κ3) is 3.63. The van der Waals surface area contributed by atoms with E-state index < -0.39 is 6.03 Å². The zero-order valence-corrected chi connectivity index (χ0v) is 15.6. The van der Waals surface area contributed by atoms with Crippen LogP contribution in [0, 0.1) is 5.41 Å². The molecule has 9 nitrogen and oxygen atoms in total. The third-order valence-electron chi connectivity index (χ3n) is 4.64. The molecule has 0 spiro atoms. The molecule has 4 N–H and O–H groups in total. The first-order chi connectivity index (χ1) is 14.4. The van der Waals surface area contributed by atoms with Gasteiger partial charge >= 0.3 is 6.03 Å². The summed E-state index contributed by atoms with van der Waals surface area (Å²) in [5.74, 6) is -0.000431. The molecule has 2 aromatic carbocycles. The Morgan fingerprint density at radius 2 is 1.83 bits per heavy atom. The van der Waals surface area contributed by atoms with Crippen molar-refractivity contribution >= 4 is 52.0 Å². The maximum absolute atomic E-state index is 12.5. The van der Waals surface area contributed by atoms with Gasteiger partial charge in [-0.05, 0) is 41.8 Å². The maximum atomic E-state index is 12.5. The van der Waals surface area contributed by atoms with Crippen molar-refractivity contribution in [2.24, 2.45) is 10.7 Å². The average Bonchev–Trinajstić information content (AvgIpc) is 3.14. The number of amides is 3. The predicted octanol–water partition coefficient (Wildman–Crippen LogP) is 2.35. The van der Waals surface area contributed by atoms with E-state index in [1.165, 1.54) is 4.90 Å². The molecule has 0 saturated heterocycles. The van der Waals surface area contributed by atoms with Crippen LogP contribution in [0.15, 0.2) is 59.7 Å². The molecule has 1 aliphatic rings. The van der Waals surface area contributed by atoms with Crippen LogP contribution in [0.25, 0.3) is 10.8 Å². The Labute approximate surface area is 170 Å². The van der Waals surface area contributed by atoms with Gasteiger partial charge < -0.3 is 11.1 Å². The molecule has 0 aliphatic carbocycles. The summed E-state index contributed by atoms with van der Waals surface area (Å²) in [7, 11) is 0. The number of hydrogen-bond donors (Lipinski definition) is 3. The molecule has 1 aliphatic heterocycles. The molecule has 4 rings (SSSR count). The average molecular weight is 400 g/mol. The minimum Gasteiger partial charge on any atom is -0.384 e. The van der Waals surface area contributed by atoms with E-state index in [0.29, 0.717) is 28.9 Å². The highest BCUT2D eigenvalue weighted by Crippen LogP contribution is 2.21. The van der Waals surface area contributed by atoms with Gasteiger partial charge in [-0.25, -0.2) is 9.78 Å². The van der Waals surface area contributed by atoms with E-state index in [1.54, 1.807) is 54.7 Å². The van der Waals surface area contributed by atoms with Crippen molar-refractivity contribution in [2.45, 2.75) is 0 Å². The fraction of sp³-hybridized carbons (Fsp3) is 0.0476. The smallest absolute Gasteiger partial charge is 0.348 e. The summed E-state index contributed by atoms with van der Waals surface area (Å²) in [6.45, 7) is 0.111. The number of nitrogens with two attached hydrogens (primary N) is 1. The Morgan fingerprint density at radius 1 is 1.10 bits per heavy atom.